The molecule has 0 aliphatic heterocycles. The fourth-order valence-electron chi connectivity index (χ4n) is 3.30. The Morgan fingerprint density at radius 3 is 2.39 bits per heavy atom. The summed E-state index contributed by atoms with van der Waals surface area (Å²) in [7, 11) is -3.41. The molecule has 0 bridgehead atoms. The molecule has 7 nitrogen and oxygen atoms in total. The van der Waals surface area contributed by atoms with Crippen LogP contribution in [0.4, 0.5) is 5.69 Å². The highest BCUT2D eigenvalue weighted by atomic mass is 32.2. The first-order valence-electron chi connectivity index (χ1n) is 9.59. The van der Waals surface area contributed by atoms with E-state index in [1.54, 1.807) is 26.0 Å². The largest absolute Gasteiger partial charge is 0.335 e. The van der Waals surface area contributed by atoms with Crippen LogP contribution in [0, 0.1) is 20.8 Å². The van der Waals surface area contributed by atoms with Gasteiger partial charge in [0, 0.05) is 17.5 Å². The number of hydrogen-bond donors (Lipinski definition) is 1. The number of benzene rings is 2. The zero-order chi connectivity index (χ0) is 22.3. The van der Waals surface area contributed by atoms with Gasteiger partial charge in [0.15, 0.2) is 9.84 Å². The number of fused-ring (bicyclic) bond motifs is 1. The molecule has 2 aromatic heterocycles. The van der Waals surface area contributed by atoms with Crippen molar-refractivity contribution in [1.82, 2.24) is 10.1 Å². The van der Waals surface area contributed by atoms with E-state index in [9.17, 15) is 13.2 Å². The number of carbonyl (C=O) groups excluding carboxylic acids is 1. The Morgan fingerprint density at radius 2 is 1.71 bits per heavy atom. The molecule has 2 heterocycles. The maximum Gasteiger partial charge on any atom is 0.259 e. The molecule has 0 unspecified atom stereocenters. The lowest BCUT2D eigenvalue weighted by molar-refractivity contribution is 0.102. The van der Waals surface area contributed by atoms with Crippen molar-refractivity contribution in [2.24, 2.45) is 0 Å². The molecule has 0 atom stereocenters. The van der Waals surface area contributed by atoms with E-state index >= 15 is 0 Å². The lowest BCUT2D eigenvalue weighted by Gasteiger charge is -2.12. The average molecular weight is 436 g/mol. The molecule has 31 heavy (non-hydrogen) atoms. The smallest absolute Gasteiger partial charge is 0.259 e. The van der Waals surface area contributed by atoms with Gasteiger partial charge in [-0.3, -0.25) is 4.79 Å². The molecule has 0 radical (unpaired) electrons. The van der Waals surface area contributed by atoms with Gasteiger partial charge in [-0.05, 0) is 44.5 Å². The lowest BCUT2D eigenvalue weighted by Crippen LogP contribution is -2.14. The van der Waals surface area contributed by atoms with Gasteiger partial charge >= 0.3 is 0 Å². The molecule has 4 rings (SSSR count). The molecular weight excluding hydrogens is 414 g/mol. The molecule has 2 aromatic carbocycles. The zero-order valence-electron chi connectivity index (χ0n) is 17.6. The summed E-state index contributed by atoms with van der Waals surface area (Å²) in [5.41, 5.74) is 4.85. The minimum atomic E-state index is -3.41. The molecule has 158 valence electrons. The van der Waals surface area contributed by atoms with Crippen LogP contribution >= 0.6 is 0 Å². The summed E-state index contributed by atoms with van der Waals surface area (Å²) < 4.78 is 29.2. The van der Waals surface area contributed by atoms with Crippen molar-refractivity contribution in [3.63, 3.8) is 0 Å². The summed E-state index contributed by atoms with van der Waals surface area (Å²) in [6.07, 6.45) is 1.13. The standard InChI is InChI=1S/C23H21N3O4S/c1-13-5-8-16(9-6-13)20-12-18(21-15(3)26-30-23(21)25-20)22(27)24-19-11-17(31(4,28)29)10-7-14(19)2/h5-12H,1-4H3,(H,24,27). The molecule has 1 N–H and O–H groups in total. The minimum Gasteiger partial charge on any atom is -0.335 e. The van der Waals surface area contributed by atoms with Gasteiger partial charge in [-0.1, -0.05) is 41.1 Å². The minimum absolute atomic E-state index is 0.134. The second-order valence-corrected chi connectivity index (χ2v) is 9.59. The predicted octanol–water partition coefficient (Wildman–Crippen LogP) is 4.47. The third-order valence-electron chi connectivity index (χ3n) is 5.09. The quantitative estimate of drug-likeness (QED) is 0.507. The van der Waals surface area contributed by atoms with Crippen LogP contribution in [0.25, 0.3) is 22.4 Å². The summed E-state index contributed by atoms with van der Waals surface area (Å²) in [5.74, 6) is -0.402. The second-order valence-electron chi connectivity index (χ2n) is 7.57. The van der Waals surface area contributed by atoms with Crippen molar-refractivity contribution in [3.05, 3.63) is 70.9 Å². The Labute approximate surface area is 180 Å². The van der Waals surface area contributed by atoms with Gasteiger partial charge < -0.3 is 9.84 Å². The Balaban J connectivity index is 1.81. The van der Waals surface area contributed by atoms with Crippen LogP contribution in [0.2, 0.25) is 0 Å². The maximum atomic E-state index is 13.3. The Morgan fingerprint density at radius 1 is 1.00 bits per heavy atom. The molecule has 0 spiro atoms. The number of sulfone groups is 1. The lowest BCUT2D eigenvalue weighted by atomic mass is 10.0. The SMILES string of the molecule is Cc1ccc(-c2cc(C(=O)Nc3cc(S(C)(=O)=O)ccc3C)c3c(C)noc3n2)cc1. The molecule has 0 aliphatic carbocycles. The zero-order valence-corrected chi connectivity index (χ0v) is 18.4. The fourth-order valence-corrected chi connectivity index (χ4v) is 3.95. The number of nitrogens with one attached hydrogen (secondary N) is 1. The summed E-state index contributed by atoms with van der Waals surface area (Å²) >= 11 is 0. The van der Waals surface area contributed by atoms with Crippen LogP contribution in [0.15, 0.2) is 57.9 Å². The summed E-state index contributed by atoms with van der Waals surface area (Å²) in [5, 5.41) is 7.32. The highest BCUT2D eigenvalue weighted by molar-refractivity contribution is 7.90. The van der Waals surface area contributed by atoms with Gasteiger partial charge in [-0.25, -0.2) is 13.4 Å². The van der Waals surface area contributed by atoms with E-state index in [2.05, 4.69) is 15.5 Å². The molecule has 0 fully saturated rings. The van der Waals surface area contributed by atoms with Crippen molar-refractivity contribution < 1.29 is 17.7 Å². The van der Waals surface area contributed by atoms with Gasteiger partial charge in [-0.15, -0.1) is 0 Å². The topological polar surface area (TPSA) is 102 Å². The normalized spacial score (nSPS) is 11.6. The van der Waals surface area contributed by atoms with Crippen LogP contribution < -0.4 is 5.32 Å². The van der Waals surface area contributed by atoms with E-state index in [-0.39, 0.29) is 10.6 Å². The van der Waals surface area contributed by atoms with Crippen LogP contribution in [0.5, 0.6) is 0 Å². The number of pyridine rings is 1. The first-order valence-corrected chi connectivity index (χ1v) is 11.5. The number of aryl methyl sites for hydroxylation is 3. The maximum absolute atomic E-state index is 13.3. The van der Waals surface area contributed by atoms with Crippen molar-refractivity contribution in [2.75, 3.05) is 11.6 Å². The van der Waals surface area contributed by atoms with Crippen molar-refractivity contribution >= 4 is 32.5 Å². The van der Waals surface area contributed by atoms with E-state index in [0.717, 1.165) is 22.9 Å². The number of rotatable bonds is 4. The van der Waals surface area contributed by atoms with Gasteiger partial charge in [0.25, 0.3) is 11.6 Å². The Kier molecular flexibility index (Phi) is 5.10. The molecule has 0 saturated carbocycles. The summed E-state index contributed by atoms with van der Waals surface area (Å²) in [4.78, 5) is 17.9. The van der Waals surface area contributed by atoms with Crippen molar-refractivity contribution in [2.45, 2.75) is 25.7 Å². The number of nitrogens with zero attached hydrogens (tertiary/aromatic N) is 2. The molecular formula is C23H21N3O4S. The number of aromatic nitrogens is 2. The molecule has 4 aromatic rings. The van der Waals surface area contributed by atoms with Gasteiger partial charge in [0.05, 0.1) is 27.2 Å². The van der Waals surface area contributed by atoms with Crippen LogP contribution in [0.3, 0.4) is 0 Å². The fraction of sp³-hybridized carbons (Fsp3) is 0.174. The van der Waals surface area contributed by atoms with Gasteiger partial charge in [0.1, 0.15) is 0 Å². The third kappa shape index (κ3) is 4.06. The highest BCUT2D eigenvalue weighted by Crippen LogP contribution is 2.29. The molecule has 1 amide bonds. The van der Waals surface area contributed by atoms with Crippen molar-refractivity contribution in [3.8, 4) is 11.3 Å². The first kappa shape index (κ1) is 20.7. The van der Waals surface area contributed by atoms with E-state index in [1.807, 2.05) is 31.2 Å². The summed E-state index contributed by atoms with van der Waals surface area (Å²) in [6, 6.07) is 14.1. The van der Waals surface area contributed by atoms with E-state index in [0.29, 0.717) is 28.0 Å². The monoisotopic (exact) mass is 435 g/mol. The van der Waals surface area contributed by atoms with E-state index in [1.165, 1.54) is 12.1 Å². The Bertz CT molecular complexity index is 1420. The number of carbonyl (C=O) groups is 1. The number of amides is 1. The summed E-state index contributed by atoms with van der Waals surface area (Å²) in [6.45, 7) is 5.53. The van der Waals surface area contributed by atoms with Gasteiger partial charge in [0.2, 0.25) is 0 Å². The first-order chi connectivity index (χ1) is 14.6. The van der Waals surface area contributed by atoms with Crippen LogP contribution in [-0.2, 0) is 9.84 Å². The van der Waals surface area contributed by atoms with Gasteiger partial charge in [-0.2, -0.15) is 0 Å². The van der Waals surface area contributed by atoms with E-state index < -0.39 is 15.7 Å². The number of hydrogen-bond acceptors (Lipinski definition) is 6. The molecule has 0 aliphatic rings. The average Bonchev–Trinajstić information content (AvgIpc) is 3.09. The van der Waals surface area contributed by atoms with Crippen molar-refractivity contribution in [1.29, 1.82) is 0 Å². The number of anilines is 1. The third-order valence-corrected chi connectivity index (χ3v) is 6.20. The van der Waals surface area contributed by atoms with Crippen LogP contribution in [0.1, 0.15) is 27.2 Å². The molecule has 0 saturated heterocycles. The van der Waals surface area contributed by atoms with Crippen LogP contribution in [-0.4, -0.2) is 30.7 Å². The molecule has 8 heteroatoms. The predicted molar refractivity (Wildman–Crippen MR) is 119 cm³/mol. The second kappa shape index (κ2) is 7.63. The Hall–Kier alpha value is -3.52. The highest BCUT2D eigenvalue weighted by Gasteiger charge is 2.20. The van der Waals surface area contributed by atoms with E-state index in [4.69, 9.17) is 4.52 Å².